The summed E-state index contributed by atoms with van der Waals surface area (Å²) < 4.78 is 9.56. The molecule has 2 heteroatoms. The van der Waals surface area contributed by atoms with E-state index in [1.165, 1.54) is 12.5 Å². The normalized spacial score (nSPS) is 10.5. The van der Waals surface area contributed by atoms with Gasteiger partial charge in [-0.25, -0.2) is 0 Å². The van der Waals surface area contributed by atoms with Crippen molar-refractivity contribution in [3.8, 4) is 0 Å². The molecule has 0 rings (SSSR count). The smallest absolute Gasteiger partial charge is 0.118 e. The Hall–Kier alpha value is -0.660. The van der Waals surface area contributed by atoms with E-state index >= 15 is 0 Å². The minimum Gasteiger partial charge on any atom is -0.501 e. The van der Waals surface area contributed by atoms with Gasteiger partial charge in [0.2, 0.25) is 0 Å². The Morgan fingerprint density at radius 2 is 1.88 bits per heavy atom. The van der Waals surface area contributed by atoms with Gasteiger partial charge in [0.25, 0.3) is 0 Å². The van der Waals surface area contributed by atoms with Crippen LogP contribution >= 0.6 is 0 Å². The van der Waals surface area contributed by atoms with Gasteiger partial charge in [-0.05, 0) is 13.8 Å². The molecule has 0 unspecified atom stereocenters. The van der Waals surface area contributed by atoms with E-state index < -0.39 is 0 Å². The zero-order chi connectivity index (χ0) is 6.41. The maximum atomic E-state index is 4.98. The monoisotopic (exact) mass is 116 g/mol. The van der Waals surface area contributed by atoms with Crippen LogP contribution in [0.15, 0.2) is 12.5 Å². The standard InChI is InChI=1S/C6H12O2/c1-6(2)8-5-4-7-3/h4-6H,1-3H3/b5-4-. The molecule has 0 aromatic rings. The summed E-state index contributed by atoms with van der Waals surface area (Å²) in [6, 6.07) is 0. The zero-order valence-corrected chi connectivity index (χ0v) is 5.55. The third kappa shape index (κ3) is 5.34. The molecule has 0 amide bonds. The highest BCUT2D eigenvalue weighted by Gasteiger charge is 1.83. The van der Waals surface area contributed by atoms with Gasteiger partial charge in [0.15, 0.2) is 0 Å². The summed E-state index contributed by atoms with van der Waals surface area (Å²) in [5, 5.41) is 0. The highest BCUT2D eigenvalue weighted by Crippen LogP contribution is 1.87. The van der Waals surface area contributed by atoms with Crippen molar-refractivity contribution in [1.82, 2.24) is 0 Å². The first-order valence-electron chi connectivity index (χ1n) is 2.60. The van der Waals surface area contributed by atoms with Crippen LogP contribution < -0.4 is 0 Å². The lowest BCUT2D eigenvalue weighted by Gasteiger charge is -2.01. The molecule has 0 bridgehead atoms. The van der Waals surface area contributed by atoms with Gasteiger partial charge < -0.3 is 9.47 Å². The van der Waals surface area contributed by atoms with Crippen molar-refractivity contribution in [1.29, 1.82) is 0 Å². The molecule has 0 saturated carbocycles. The van der Waals surface area contributed by atoms with E-state index in [0.717, 1.165) is 0 Å². The third-order valence-corrected chi connectivity index (χ3v) is 0.542. The molecule has 0 spiro atoms. The van der Waals surface area contributed by atoms with E-state index in [2.05, 4.69) is 4.74 Å². The predicted octanol–water partition coefficient (Wildman–Crippen LogP) is 1.53. The molecule has 0 saturated heterocycles. The van der Waals surface area contributed by atoms with Crippen molar-refractivity contribution >= 4 is 0 Å². The number of hydrogen-bond acceptors (Lipinski definition) is 2. The number of hydrogen-bond donors (Lipinski definition) is 0. The van der Waals surface area contributed by atoms with Gasteiger partial charge in [0.1, 0.15) is 12.5 Å². The van der Waals surface area contributed by atoms with Gasteiger partial charge in [-0.2, -0.15) is 0 Å². The van der Waals surface area contributed by atoms with E-state index in [1.54, 1.807) is 7.11 Å². The van der Waals surface area contributed by atoms with Crippen LogP contribution in [0.1, 0.15) is 13.8 Å². The van der Waals surface area contributed by atoms with Crippen molar-refractivity contribution in [3.63, 3.8) is 0 Å². The molecule has 0 aliphatic rings. The lowest BCUT2D eigenvalue weighted by Crippen LogP contribution is -1.94. The third-order valence-electron chi connectivity index (χ3n) is 0.542. The summed E-state index contributed by atoms with van der Waals surface area (Å²) >= 11 is 0. The average molecular weight is 116 g/mol. The van der Waals surface area contributed by atoms with E-state index in [0.29, 0.717) is 0 Å². The first-order chi connectivity index (χ1) is 3.77. The molecule has 0 N–H and O–H groups in total. The minimum absolute atomic E-state index is 0.237. The van der Waals surface area contributed by atoms with Gasteiger partial charge >= 0.3 is 0 Å². The van der Waals surface area contributed by atoms with Gasteiger partial charge in [-0.15, -0.1) is 0 Å². The molecule has 0 heterocycles. The summed E-state index contributed by atoms with van der Waals surface area (Å²) in [6.45, 7) is 3.92. The molecule has 0 aromatic carbocycles. The second kappa shape index (κ2) is 4.50. The highest BCUT2D eigenvalue weighted by atomic mass is 16.5. The molecule has 0 atom stereocenters. The lowest BCUT2D eigenvalue weighted by atomic mass is 10.5. The summed E-state index contributed by atoms with van der Waals surface area (Å²) in [4.78, 5) is 0. The fraction of sp³-hybridized carbons (Fsp3) is 0.667. The number of methoxy groups -OCH3 is 1. The highest BCUT2D eigenvalue weighted by molar-refractivity contribution is 4.60. The molecule has 0 radical (unpaired) electrons. The fourth-order valence-electron chi connectivity index (χ4n) is 0.245. The van der Waals surface area contributed by atoms with Crippen molar-refractivity contribution in [2.75, 3.05) is 7.11 Å². The van der Waals surface area contributed by atoms with E-state index in [4.69, 9.17) is 4.74 Å². The summed E-state index contributed by atoms with van der Waals surface area (Å²) in [5.41, 5.74) is 0. The van der Waals surface area contributed by atoms with Crippen LogP contribution in [0.2, 0.25) is 0 Å². The number of rotatable bonds is 3. The van der Waals surface area contributed by atoms with Gasteiger partial charge in [-0.3, -0.25) is 0 Å². The first kappa shape index (κ1) is 7.34. The Kier molecular flexibility index (Phi) is 4.13. The molecule has 48 valence electrons. The quantitative estimate of drug-likeness (QED) is 0.520. The van der Waals surface area contributed by atoms with Crippen molar-refractivity contribution in [2.24, 2.45) is 0 Å². The van der Waals surface area contributed by atoms with E-state index in [1.807, 2.05) is 13.8 Å². The van der Waals surface area contributed by atoms with Crippen LogP contribution in [-0.2, 0) is 9.47 Å². The largest absolute Gasteiger partial charge is 0.501 e. The molecule has 2 nitrogen and oxygen atoms in total. The molecule has 0 aliphatic carbocycles. The fourth-order valence-corrected chi connectivity index (χ4v) is 0.245. The lowest BCUT2D eigenvalue weighted by molar-refractivity contribution is 0.168. The topological polar surface area (TPSA) is 18.5 Å². The Morgan fingerprint density at radius 3 is 2.25 bits per heavy atom. The summed E-state index contributed by atoms with van der Waals surface area (Å²) in [5.74, 6) is 0. The van der Waals surface area contributed by atoms with E-state index in [9.17, 15) is 0 Å². The first-order valence-corrected chi connectivity index (χ1v) is 2.60. The van der Waals surface area contributed by atoms with Crippen LogP contribution in [0.5, 0.6) is 0 Å². The van der Waals surface area contributed by atoms with Gasteiger partial charge in [-0.1, -0.05) is 0 Å². The Balaban J connectivity index is 3.03. The number of ether oxygens (including phenoxy) is 2. The Bertz CT molecular complexity index is 66.9. The Labute approximate surface area is 50.1 Å². The molecule has 0 aliphatic heterocycles. The van der Waals surface area contributed by atoms with Crippen molar-refractivity contribution in [3.05, 3.63) is 12.5 Å². The van der Waals surface area contributed by atoms with Crippen LogP contribution in [0, 0.1) is 0 Å². The average Bonchev–Trinajstić information content (AvgIpc) is 1.66. The molecule has 8 heavy (non-hydrogen) atoms. The van der Waals surface area contributed by atoms with Gasteiger partial charge in [0.05, 0.1) is 13.2 Å². The van der Waals surface area contributed by atoms with Crippen LogP contribution in [0.4, 0.5) is 0 Å². The van der Waals surface area contributed by atoms with Gasteiger partial charge in [0, 0.05) is 0 Å². The SMILES string of the molecule is CO/C=C\OC(C)C. The maximum Gasteiger partial charge on any atom is 0.118 e. The molecular weight excluding hydrogens is 104 g/mol. The van der Waals surface area contributed by atoms with Crippen molar-refractivity contribution in [2.45, 2.75) is 20.0 Å². The predicted molar refractivity (Wildman–Crippen MR) is 32.4 cm³/mol. The van der Waals surface area contributed by atoms with E-state index in [-0.39, 0.29) is 6.10 Å². The van der Waals surface area contributed by atoms with Crippen LogP contribution in [0.25, 0.3) is 0 Å². The zero-order valence-electron chi connectivity index (χ0n) is 5.55. The van der Waals surface area contributed by atoms with Crippen molar-refractivity contribution < 1.29 is 9.47 Å². The van der Waals surface area contributed by atoms with Crippen LogP contribution in [0.3, 0.4) is 0 Å². The minimum atomic E-state index is 0.237. The van der Waals surface area contributed by atoms with Crippen LogP contribution in [-0.4, -0.2) is 13.2 Å². The summed E-state index contributed by atoms with van der Waals surface area (Å²) in [6.07, 6.45) is 3.27. The molecule has 0 aromatic heterocycles. The Morgan fingerprint density at radius 1 is 1.25 bits per heavy atom. The molecule has 0 fully saturated rings. The second-order valence-corrected chi connectivity index (χ2v) is 1.69. The second-order valence-electron chi connectivity index (χ2n) is 1.69. The molecular formula is C6H12O2. The maximum absolute atomic E-state index is 4.98. The summed E-state index contributed by atoms with van der Waals surface area (Å²) in [7, 11) is 1.58.